The quantitative estimate of drug-likeness (QED) is 0.232. The first-order valence-electron chi connectivity index (χ1n) is 10.7. The number of likely N-dealkylation sites (tertiary alicyclic amines) is 1. The Balaban J connectivity index is 0.00000289. The predicted molar refractivity (Wildman–Crippen MR) is 120 cm³/mol. The molecule has 14 heteroatoms. The van der Waals surface area contributed by atoms with E-state index >= 15 is 0 Å². The maximum absolute atomic E-state index is 13.2. The van der Waals surface area contributed by atoms with Crippen LogP contribution in [0.3, 0.4) is 0 Å². The number of sulfonamides is 1. The summed E-state index contributed by atoms with van der Waals surface area (Å²) in [5.74, 6) is -2.22. The van der Waals surface area contributed by atoms with E-state index in [9.17, 15) is 22.8 Å². The van der Waals surface area contributed by atoms with Crippen molar-refractivity contribution in [2.75, 3.05) is 6.54 Å². The molecule has 34 heavy (non-hydrogen) atoms. The first-order chi connectivity index (χ1) is 14.8. The average molecular weight is 737 g/mol. The topological polar surface area (TPSA) is 148 Å². The van der Waals surface area contributed by atoms with Crippen LogP contribution in [-0.2, 0) is 78.2 Å². The SMILES string of the molecule is [B]N[C@H](C(=O)N1CC([NH-])C[C@H]1C(=O)NC1(C(=O)NS(=O)(=O)C2CC2)CC1C=C)C(C)(C)C.[W].[Y]. The van der Waals surface area contributed by atoms with E-state index in [0.29, 0.717) is 12.8 Å². The molecule has 1 saturated heterocycles. The van der Waals surface area contributed by atoms with Crippen molar-refractivity contribution in [2.45, 2.75) is 75.4 Å². The Hall–Kier alpha value is -0.123. The van der Waals surface area contributed by atoms with Crippen molar-refractivity contribution in [1.82, 2.24) is 20.2 Å². The van der Waals surface area contributed by atoms with E-state index in [1.54, 1.807) is 0 Å². The summed E-state index contributed by atoms with van der Waals surface area (Å²) < 4.78 is 26.6. The number of nitrogens with one attached hydrogen (secondary N) is 4. The summed E-state index contributed by atoms with van der Waals surface area (Å²) in [7, 11) is 1.81. The molecule has 0 aromatic heterocycles. The van der Waals surface area contributed by atoms with Gasteiger partial charge >= 0.3 is 0 Å². The van der Waals surface area contributed by atoms with Gasteiger partial charge in [-0.05, 0) is 31.1 Å². The zero-order valence-electron chi connectivity index (χ0n) is 19.7. The fourth-order valence-corrected chi connectivity index (χ4v) is 5.57. The van der Waals surface area contributed by atoms with Gasteiger partial charge in [0, 0.05) is 66.2 Å². The van der Waals surface area contributed by atoms with E-state index in [1.165, 1.54) is 11.0 Å². The Bertz CT molecular complexity index is 929. The van der Waals surface area contributed by atoms with Gasteiger partial charge in [-0.1, -0.05) is 26.8 Å². The van der Waals surface area contributed by atoms with Crippen LogP contribution < -0.4 is 15.3 Å². The van der Waals surface area contributed by atoms with Gasteiger partial charge in [0.25, 0.3) is 5.91 Å². The van der Waals surface area contributed by atoms with Gasteiger partial charge in [0.1, 0.15) is 11.6 Å². The molecule has 1 aliphatic heterocycles. The molecule has 3 aliphatic rings. The molecule has 3 rings (SSSR count). The van der Waals surface area contributed by atoms with Crippen LogP contribution in [0.15, 0.2) is 12.7 Å². The number of carbonyl (C=O) groups is 3. The van der Waals surface area contributed by atoms with Crippen molar-refractivity contribution in [1.29, 1.82) is 0 Å². The predicted octanol–water partition coefficient (Wildman–Crippen LogP) is -0.240. The van der Waals surface area contributed by atoms with Crippen LogP contribution in [0.1, 0.15) is 46.5 Å². The molecular formula is C20H31BN5O5SWY-. The molecule has 0 bridgehead atoms. The summed E-state index contributed by atoms with van der Waals surface area (Å²) in [6, 6.07) is -2.40. The molecule has 185 valence electrons. The molecule has 2 aliphatic carbocycles. The zero-order chi connectivity index (χ0) is 24.1. The Morgan fingerprint density at radius 3 is 2.29 bits per heavy atom. The molecule has 3 radical (unpaired) electrons. The molecule has 0 aromatic rings. The van der Waals surface area contributed by atoms with Gasteiger partial charge in [-0.25, -0.2) is 8.42 Å². The summed E-state index contributed by atoms with van der Waals surface area (Å²) in [4.78, 5) is 40.5. The number of hydrogen-bond donors (Lipinski definition) is 3. The Labute approximate surface area is 242 Å². The first-order valence-corrected chi connectivity index (χ1v) is 12.3. The maximum Gasteiger partial charge on any atom is 0.259 e. The number of hydrogen-bond acceptors (Lipinski definition) is 6. The van der Waals surface area contributed by atoms with E-state index in [4.69, 9.17) is 13.7 Å². The number of nitrogens with zero attached hydrogens (tertiary/aromatic N) is 1. The molecule has 3 amide bonds. The summed E-state index contributed by atoms with van der Waals surface area (Å²) >= 11 is 0. The molecule has 3 unspecified atom stereocenters. The van der Waals surface area contributed by atoms with Crippen LogP contribution in [0.25, 0.3) is 5.73 Å². The molecule has 0 spiro atoms. The van der Waals surface area contributed by atoms with Gasteiger partial charge in [-0.3, -0.25) is 19.1 Å². The third kappa shape index (κ3) is 6.60. The molecule has 0 aromatic carbocycles. The second-order valence-corrected chi connectivity index (χ2v) is 12.0. The average Bonchev–Trinajstić information content (AvgIpc) is 3.58. The van der Waals surface area contributed by atoms with E-state index in [-0.39, 0.29) is 73.2 Å². The summed E-state index contributed by atoms with van der Waals surface area (Å²) in [5.41, 5.74) is 6.15. The molecular weight excluding hydrogens is 706 g/mol. The van der Waals surface area contributed by atoms with Crippen molar-refractivity contribution in [3.8, 4) is 0 Å². The van der Waals surface area contributed by atoms with Crippen molar-refractivity contribution in [3.05, 3.63) is 18.4 Å². The minimum atomic E-state index is -3.78. The summed E-state index contributed by atoms with van der Waals surface area (Å²) in [6.07, 6.45) is 2.83. The normalized spacial score (nSPS) is 29.2. The van der Waals surface area contributed by atoms with Gasteiger partial charge in [-0.15, -0.1) is 12.6 Å². The molecule has 4 N–H and O–H groups in total. The van der Waals surface area contributed by atoms with Crippen LogP contribution in [0, 0.1) is 11.3 Å². The van der Waals surface area contributed by atoms with Crippen molar-refractivity contribution in [2.24, 2.45) is 11.3 Å². The third-order valence-corrected chi connectivity index (χ3v) is 8.23. The van der Waals surface area contributed by atoms with Crippen LogP contribution in [0.4, 0.5) is 0 Å². The molecule has 2 saturated carbocycles. The van der Waals surface area contributed by atoms with Crippen LogP contribution in [0.5, 0.6) is 0 Å². The third-order valence-electron chi connectivity index (χ3n) is 6.42. The van der Waals surface area contributed by atoms with Gasteiger partial charge in [0.05, 0.1) is 11.3 Å². The monoisotopic (exact) mass is 737 g/mol. The van der Waals surface area contributed by atoms with Crippen molar-refractivity contribution < 1.29 is 76.6 Å². The van der Waals surface area contributed by atoms with Crippen LogP contribution >= 0.6 is 0 Å². The number of amides is 3. The first kappa shape index (κ1) is 31.9. The second kappa shape index (κ2) is 11.5. The second-order valence-electron chi connectivity index (χ2n) is 10.1. The Kier molecular flexibility index (Phi) is 10.8. The van der Waals surface area contributed by atoms with Gasteiger partial charge in [0.2, 0.25) is 21.8 Å². The number of carbonyl (C=O) groups excluding carboxylic acids is 3. The zero-order valence-corrected chi connectivity index (χ0v) is 26.3. The Morgan fingerprint density at radius 1 is 1.26 bits per heavy atom. The van der Waals surface area contributed by atoms with E-state index in [1.807, 2.05) is 20.8 Å². The smallest absolute Gasteiger partial charge is 0.259 e. The Morgan fingerprint density at radius 2 is 1.85 bits per heavy atom. The molecule has 5 atom stereocenters. The van der Waals surface area contributed by atoms with Gasteiger partial charge in [-0.2, -0.15) is 0 Å². The molecule has 1 heterocycles. The number of rotatable bonds is 8. The van der Waals surface area contributed by atoms with E-state index < -0.39 is 68.0 Å². The van der Waals surface area contributed by atoms with E-state index in [0.717, 1.165) is 0 Å². The maximum atomic E-state index is 13.2. The van der Waals surface area contributed by atoms with Gasteiger partial charge in [0.15, 0.2) is 7.98 Å². The minimum absolute atomic E-state index is 0. The fourth-order valence-electron chi connectivity index (χ4n) is 4.20. The van der Waals surface area contributed by atoms with Crippen LogP contribution in [0.2, 0.25) is 0 Å². The van der Waals surface area contributed by atoms with E-state index in [2.05, 4.69) is 21.8 Å². The van der Waals surface area contributed by atoms with Gasteiger partial charge < -0.3 is 21.2 Å². The summed E-state index contributed by atoms with van der Waals surface area (Å²) in [5, 5.41) is 4.60. The minimum Gasteiger partial charge on any atom is -0.673 e. The fraction of sp³-hybridized carbons (Fsp3) is 0.750. The van der Waals surface area contributed by atoms with Crippen LogP contribution in [-0.4, -0.2) is 74.5 Å². The molecule has 10 nitrogen and oxygen atoms in total. The van der Waals surface area contributed by atoms with Crippen molar-refractivity contribution in [3.63, 3.8) is 0 Å². The van der Waals surface area contributed by atoms with Crippen molar-refractivity contribution >= 4 is 35.7 Å². The largest absolute Gasteiger partial charge is 0.673 e. The summed E-state index contributed by atoms with van der Waals surface area (Å²) in [6.45, 7) is 9.22. The standard InChI is InChI=1S/C20H31BN5O5S.W.Y/c1-5-11-9-20(11,18(29)25-32(30,31)13-6-7-13)23-16(27)14-8-12(22)10-26(14)17(28)15(24-21)19(2,3)4;;/h5,11-15,22,24H,1,6-10H2,2-4H3,(H,23,27)(H,25,29);;/q-1;;/t11?,12?,14-,15+,20?;;/m0../s1. The molecule has 3 fully saturated rings.